The molecule has 2 aromatic carbocycles. The zero-order chi connectivity index (χ0) is 18.7. The van der Waals surface area contributed by atoms with E-state index in [4.69, 9.17) is 9.47 Å². The Hall–Kier alpha value is -2.58. The van der Waals surface area contributed by atoms with Crippen LogP contribution in [0.2, 0.25) is 0 Å². The highest BCUT2D eigenvalue weighted by atomic mass is 32.2. The lowest BCUT2D eigenvalue weighted by atomic mass is 10.2. The fourth-order valence-electron chi connectivity index (χ4n) is 2.59. The van der Waals surface area contributed by atoms with Gasteiger partial charge in [0.1, 0.15) is 0 Å². The SMILES string of the molecule is CN(C(=O)CN(Cc1ccc2c(c1)OCO2)S(C)(=O)=O)c1ccccc1. The molecule has 0 bridgehead atoms. The molecular weight excluding hydrogens is 356 g/mol. The average Bonchev–Trinajstić information content (AvgIpc) is 3.08. The predicted octanol–water partition coefficient (Wildman–Crippen LogP) is 1.84. The Morgan fingerprint density at radius 3 is 2.46 bits per heavy atom. The number of hydrogen-bond donors (Lipinski definition) is 0. The quantitative estimate of drug-likeness (QED) is 0.769. The Morgan fingerprint density at radius 2 is 1.77 bits per heavy atom. The molecule has 7 nitrogen and oxygen atoms in total. The standard InChI is InChI=1S/C18H20N2O5S/c1-19(15-6-4-3-5-7-15)18(21)12-20(26(2,22)23)11-14-8-9-16-17(10-14)25-13-24-16/h3-10H,11-13H2,1-2H3. The molecule has 0 saturated carbocycles. The van der Waals surface area contributed by atoms with Crippen molar-refractivity contribution in [1.29, 1.82) is 0 Å². The molecular formula is C18H20N2O5S. The van der Waals surface area contributed by atoms with Crippen molar-refractivity contribution >= 4 is 21.6 Å². The first-order valence-electron chi connectivity index (χ1n) is 8.00. The summed E-state index contributed by atoms with van der Waals surface area (Å²) < 4.78 is 36.0. The number of amides is 1. The van der Waals surface area contributed by atoms with Crippen LogP contribution in [-0.2, 0) is 21.4 Å². The molecule has 0 unspecified atom stereocenters. The topological polar surface area (TPSA) is 76.2 Å². The van der Waals surface area contributed by atoms with E-state index >= 15 is 0 Å². The molecule has 0 saturated heterocycles. The molecule has 0 aromatic heterocycles. The van der Waals surface area contributed by atoms with Crippen molar-refractivity contribution in [3.8, 4) is 11.5 Å². The lowest BCUT2D eigenvalue weighted by molar-refractivity contribution is -0.118. The second-order valence-electron chi connectivity index (χ2n) is 6.01. The van der Waals surface area contributed by atoms with Gasteiger partial charge in [-0.3, -0.25) is 4.79 Å². The van der Waals surface area contributed by atoms with E-state index in [-0.39, 0.29) is 25.8 Å². The zero-order valence-corrected chi connectivity index (χ0v) is 15.4. The van der Waals surface area contributed by atoms with Crippen LogP contribution in [-0.4, -0.2) is 45.3 Å². The number of nitrogens with zero attached hydrogens (tertiary/aromatic N) is 2. The Morgan fingerprint density at radius 1 is 1.08 bits per heavy atom. The third-order valence-electron chi connectivity index (χ3n) is 4.09. The molecule has 0 radical (unpaired) electrons. The molecule has 8 heteroatoms. The number of carbonyl (C=O) groups excluding carboxylic acids is 1. The number of anilines is 1. The van der Waals surface area contributed by atoms with Crippen molar-refractivity contribution in [2.45, 2.75) is 6.54 Å². The van der Waals surface area contributed by atoms with Gasteiger partial charge in [-0.1, -0.05) is 24.3 Å². The Kier molecular flexibility index (Phi) is 5.15. The molecule has 0 spiro atoms. The monoisotopic (exact) mass is 376 g/mol. The molecule has 0 aliphatic carbocycles. The van der Waals surface area contributed by atoms with E-state index in [1.807, 2.05) is 18.2 Å². The molecule has 26 heavy (non-hydrogen) atoms. The van der Waals surface area contributed by atoms with E-state index < -0.39 is 10.0 Å². The van der Waals surface area contributed by atoms with Crippen molar-refractivity contribution in [3.05, 3.63) is 54.1 Å². The normalized spacial score (nSPS) is 13.0. The molecule has 0 atom stereocenters. The molecule has 138 valence electrons. The maximum atomic E-state index is 12.6. The van der Waals surface area contributed by atoms with E-state index in [0.29, 0.717) is 17.2 Å². The van der Waals surface area contributed by atoms with Gasteiger partial charge < -0.3 is 14.4 Å². The summed E-state index contributed by atoms with van der Waals surface area (Å²) >= 11 is 0. The maximum absolute atomic E-state index is 12.6. The fraction of sp³-hybridized carbons (Fsp3) is 0.278. The molecule has 0 N–H and O–H groups in total. The predicted molar refractivity (Wildman–Crippen MR) is 97.7 cm³/mol. The summed E-state index contributed by atoms with van der Waals surface area (Å²) in [6.45, 7) is -0.0303. The molecule has 1 amide bonds. The lowest BCUT2D eigenvalue weighted by Crippen LogP contribution is -2.40. The van der Waals surface area contributed by atoms with Crippen LogP contribution >= 0.6 is 0 Å². The Balaban J connectivity index is 1.75. The summed E-state index contributed by atoms with van der Waals surface area (Å²) in [6.07, 6.45) is 1.09. The maximum Gasteiger partial charge on any atom is 0.242 e. The minimum Gasteiger partial charge on any atom is -0.454 e. The van der Waals surface area contributed by atoms with Crippen LogP contribution in [0.15, 0.2) is 48.5 Å². The summed E-state index contributed by atoms with van der Waals surface area (Å²) in [7, 11) is -1.95. The summed E-state index contributed by atoms with van der Waals surface area (Å²) in [5.41, 5.74) is 1.42. The smallest absolute Gasteiger partial charge is 0.242 e. The van der Waals surface area contributed by atoms with E-state index in [1.54, 1.807) is 37.4 Å². The van der Waals surface area contributed by atoms with Gasteiger partial charge in [-0.2, -0.15) is 4.31 Å². The van der Waals surface area contributed by atoms with Gasteiger partial charge in [0.25, 0.3) is 0 Å². The lowest BCUT2D eigenvalue weighted by Gasteiger charge is -2.23. The van der Waals surface area contributed by atoms with Crippen LogP contribution < -0.4 is 14.4 Å². The van der Waals surface area contributed by atoms with Crippen LogP contribution in [0.4, 0.5) is 5.69 Å². The van der Waals surface area contributed by atoms with Crippen molar-refractivity contribution in [1.82, 2.24) is 4.31 Å². The Bertz CT molecular complexity index is 899. The van der Waals surface area contributed by atoms with Crippen LogP contribution in [0, 0.1) is 0 Å². The summed E-state index contributed by atoms with van der Waals surface area (Å²) in [5.74, 6) is 0.880. The van der Waals surface area contributed by atoms with Crippen LogP contribution in [0.1, 0.15) is 5.56 Å². The van der Waals surface area contributed by atoms with Crippen LogP contribution in [0.5, 0.6) is 11.5 Å². The van der Waals surface area contributed by atoms with E-state index in [9.17, 15) is 13.2 Å². The highest BCUT2D eigenvalue weighted by molar-refractivity contribution is 7.88. The highest BCUT2D eigenvalue weighted by Crippen LogP contribution is 2.33. The number of fused-ring (bicyclic) bond motifs is 1. The van der Waals surface area contributed by atoms with E-state index in [2.05, 4.69) is 0 Å². The van der Waals surface area contributed by atoms with E-state index in [1.165, 1.54) is 4.90 Å². The first kappa shape index (κ1) is 18.2. The molecule has 0 fully saturated rings. The van der Waals surface area contributed by atoms with Crippen molar-refractivity contribution in [3.63, 3.8) is 0 Å². The highest BCUT2D eigenvalue weighted by Gasteiger charge is 2.24. The number of likely N-dealkylation sites (N-methyl/N-ethyl adjacent to an activating group) is 1. The van der Waals surface area contributed by atoms with Gasteiger partial charge in [-0.05, 0) is 29.8 Å². The summed E-state index contributed by atoms with van der Waals surface area (Å²) in [6, 6.07) is 14.3. The van der Waals surface area contributed by atoms with Crippen LogP contribution in [0.3, 0.4) is 0 Å². The number of hydrogen-bond acceptors (Lipinski definition) is 5. The minimum absolute atomic E-state index is 0.0733. The number of rotatable bonds is 6. The number of para-hydroxylation sites is 1. The number of benzene rings is 2. The second-order valence-corrected chi connectivity index (χ2v) is 7.99. The molecule has 1 aliphatic heterocycles. The Labute approximate surface area is 152 Å². The third-order valence-corrected chi connectivity index (χ3v) is 5.29. The third kappa shape index (κ3) is 4.14. The molecule has 1 heterocycles. The van der Waals surface area contributed by atoms with Gasteiger partial charge in [-0.25, -0.2) is 8.42 Å². The zero-order valence-electron chi connectivity index (χ0n) is 14.6. The van der Waals surface area contributed by atoms with Gasteiger partial charge in [0.05, 0.1) is 12.8 Å². The molecule has 3 rings (SSSR count). The second kappa shape index (κ2) is 7.35. The van der Waals surface area contributed by atoms with Crippen molar-refractivity contribution in [2.75, 3.05) is 31.5 Å². The van der Waals surface area contributed by atoms with Crippen molar-refractivity contribution < 1.29 is 22.7 Å². The minimum atomic E-state index is -3.57. The molecule has 2 aromatic rings. The van der Waals surface area contributed by atoms with E-state index in [0.717, 1.165) is 16.1 Å². The number of sulfonamides is 1. The van der Waals surface area contributed by atoms with Gasteiger partial charge in [-0.15, -0.1) is 0 Å². The van der Waals surface area contributed by atoms with Gasteiger partial charge >= 0.3 is 0 Å². The van der Waals surface area contributed by atoms with Crippen LogP contribution in [0.25, 0.3) is 0 Å². The average molecular weight is 376 g/mol. The largest absolute Gasteiger partial charge is 0.454 e. The fourth-order valence-corrected chi connectivity index (χ4v) is 3.31. The molecule has 1 aliphatic rings. The van der Waals surface area contributed by atoms with Gasteiger partial charge in [0, 0.05) is 19.3 Å². The van der Waals surface area contributed by atoms with Gasteiger partial charge in [0.15, 0.2) is 11.5 Å². The summed E-state index contributed by atoms with van der Waals surface area (Å²) in [5, 5.41) is 0. The summed E-state index contributed by atoms with van der Waals surface area (Å²) in [4.78, 5) is 14.0. The first-order valence-corrected chi connectivity index (χ1v) is 9.84. The van der Waals surface area contributed by atoms with Crippen molar-refractivity contribution in [2.24, 2.45) is 0 Å². The first-order chi connectivity index (χ1) is 12.3. The number of ether oxygens (including phenoxy) is 2. The van der Waals surface area contributed by atoms with Gasteiger partial charge in [0.2, 0.25) is 22.7 Å². The number of carbonyl (C=O) groups is 1.